The SMILES string of the molecule is CNCC1CCN(Cc2ccc(OC)c(OC)c2Cl)CC1. The molecule has 1 saturated heterocycles. The Morgan fingerprint density at radius 1 is 1.24 bits per heavy atom. The fourth-order valence-corrected chi connectivity index (χ4v) is 3.22. The largest absolute Gasteiger partial charge is 0.493 e. The van der Waals surface area contributed by atoms with Gasteiger partial charge in [0.25, 0.3) is 0 Å². The van der Waals surface area contributed by atoms with Gasteiger partial charge in [0.05, 0.1) is 19.2 Å². The average Bonchev–Trinajstić information content (AvgIpc) is 2.51. The molecule has 0 radical (unpaired) electrons. The summed E-state index contributed by atoms with van der Waals surface area (Å²) in [4.78, 5) is 2.46. The van der Waals surface area contributed by atoms with Gasteiger partial charge in [-0.25, -0.2) is 0 Å². The van der Waals surface area contributed by atoms with Gasteiger partial charge in [-0.1, -0.05) is 17.7 Å². The molecule has 0 saturated carbocycles. The van der Waals surface area contributed by atoms with E-state index in [1.165, 1.54) is 12.8 Å². The zero-order chi connectivity index (χ0) is 15.2. The number of rotatable bonds is 6. The smallest absolute Gasteiger partial charge is 0.179 e. The molecule has 0 aromatic heterocycles. The first kappa shape index (κ1) is 16.4. The highest BCUT2D eigenvalue weighted by atomic mass is 35.5. The van der Waals surface area contributed by atoms with Crippen molar-refractivity contribution >= 4 is 11.6 Å². The van der Waals surface area contributed by atoms with E-state index in [2.05, 4.69) is 10.2 Å². The van der Waals surface area contributed by atoms with Crippen molar-refractivity contribution in [2.45, 2.75) is 19.4 Å². The van der Waals surface area contributed by atoms with Crippen LogP contribution in [0.5, 0.6) is 11.5 Å². The van der Waals surface area contributed by atoms with Crippen LogP contribution in [0, 0.1) is 5.92 Å². The minimum absolute atomic E-state index is 0.627. The molecular formula is C16H25ClN2O2. The van der Waals surface area contributed by atoms with E-state index in [1.54, 1.807) is 14.2 Å². The van der Waals surface area contributed by atoms with Crippen LogP contribution in [0.2, 0.25) is 5.02 Å². The van der Waals surface area contributed by atoms with E-state index in [0.29, 0.717) is 16.5 Å². The van der Waals surface area contributed by atoms with E-state index >= 15 is 0 Å². The number of hydrogen-bond donors (Lipinski definition) is 1. The molecule has 1 aromatic rings. The first-order valence-corrected chi connectivity index (χ1v) is 7.83. The lowest BCUT2D eigenvalue weighted by Crippen LogP contribution is -2.36. The Balaban J connectivity index is 2.01. The van der Waals surface area contributed by atoms with Crippen LogP contribution in [0.25, 0.3) is 0 Å². The van der Waals surface area contributed by atoms with E-state index in [0.717, 1.165) is 37.7 Å². The molecule has 4 nitrogen and oxygen atoms in total. The first-order chi connectivity index (χ1) is 10.2. The number of halogens is 1. The molecule has 0 bridgehead atoms. The number of nitrogens with zero attached hydrogens (tertiary/aromatic N) is 1. The van der Waals surface area contributed by atoms with Gasteiger partial charge in [-0.3, -0.25) is 4.90 Å². The highest BCUT2D eigenvalue weighted by molar-refractivity contribution is 6.33. The van der Waals surface area contributed by atoms with Crippen molar-refractivity contribution in [3.63, 3.8) is 0 Å². The molecule has 0 atom stereocenters. The van der Waals surface area contributed by atoms with Gasteiger partial charge in [0.2, 0.25) is 0 Å². The summed E-state index contributed by atoms with van der Waals surface area (Å²) >= 11 is 6.45. The van der Waals surface area contributed by atoms with Crippen molar-refractivity contribution in [3.8, 4) is 11.5 Å². The van der Waals surface area contributed by atoms with Crippen molar-refractivity contribution in [3.05, 3.63) is 22.7 Å². The van der Waals surface area contributed by atoms with Gasteiger partial charge in [-0.2, -0.15) is 0 Å². The summed E-state index contributed by atoms with van der Waals surface area (Å²) in [5.41, 5.74) is 1.10. The monoisotopic (exact) mass is 312 g/mol. The Labute approximate surface area is 132 Å². The second kappa shape index (κ2) is 7.87. The lowest BCUT2D eigenvalue weighted by atomic mass is 9.96. The third-order valence-electron chi connectivity index (χ3n) is 4.16. The first-order valence-electron chi connectivity index (χ1n) is 7.45. The van der Waals surface area contributed by atoms with Gasteiger partial charge in [0.15, 0.2) is 11.5 Å². The van der Waals surface area contributed by atoms with Gasteiger partial charge >= 0.3 is 0 Å². The van der Waals surface area contributed by atoms with Gasteiger partial charge < -0.3 is 14.8 Å². The predicted molar refractivity (Wildman–Crippen MR) is 86.5 cm³/mol. The standard InChI is InChI=1S/C16H25ClN2O2/c1-18-10-12-6-8-19(9-7-12)11-13-4-5-14(20-2)16(21-3)15(13)17/h4-5,12,18H,6-11H2,1-3H3. The molecule has 118 valence electrons. The Bertz CT molecular complexity index is 460. The van der Waals surface area contributed by atoms with Gasteiger partial charge in [0, 0.05) is 6.54 Å². The van der Waals surface area contributed by atoms with Gasteiger partial charge in [-0.05, 0) is 57.1 Å². The number of nitrogens with one attached hydrogen (secondary N) is 1. The highest BCUT2D eigenvalue weighted by Crippen LogP contribution is 2.38. The van der Waals surface area contributed by atoms with Crippen molar-refractivity contribution in [2.75, 3.05) is 40.9 Å². The molecule has 1 N–H and O–H groups in total. The van der Waals surface area contributed by atoms with E-state index in [9.17, 15) is 0 Å². The molecule has 5 heteroatoms. The summed E-state index contributed by atoms with van der Waals surface area (Å²) in [6, 6.07) is 3.96. The molecule has 2 rings (SSSR count). The van der Waals surface area contributed by atoms with Crippen molar-refractivity contribution in [1.29, 1.82) is 0 Å². The van der Waals surface area contributed by atoms with Crippen LogP contribution >= 0.6 is 11.6 Å². The highest BCUT2D eigenvalue weighted by Gasteiger charge is 2.20. The molecular weight excluding hydrogens is 288 g/mol. The Kier molecular flexibility index (Phi) is 6.15. The van der Waals surface area contributed by atoms with Crippen LogP contribution in [-0.4, -0.2) is 45.8 Å². The number of hydrogen-bond acceptors (Lipinski definition) is 4. The topological polar surface area (TPSA) is 33.7 Å². The fourth-order valence-electron chi connectivity index (χ4n) is 2.93. The predicted octanol–water partition coefficient (Wildman–Crippen LogP) is 2.79. The van der Waals surface area contributed by atoms with Crippen molar-refractivity contribution < 1.29 is 9.47 Å². The van der Waals surface area contributed by atoms with E-state index in [4.69, 9.17) is 21.1 Å². The number of ether oxygens (including phenoxy) is 2. The molecule has 1 fully saturated rings. The zero-order valence-electron chi connectivity index (χ0n) is 13.1. The van der Waals surface area contributed by atoms with Crippen LogP contribution in [0.15, 0.2) is 12.1 Å². The number of piperidine rings is 1. The summed E-state index contributed by atoms with van der Waals surface area (Å²) in [6.45, 7) is 4.23. The van der Waals surface area contributed by atoms with E-state index in [-0.39, 0.29) is 0 Å². The Hall–Kier alpha value is -0.970. The van der Waals surface area contributed by atoms with E-state index in [1.807, 2.05) is 19.2 Å². The minimum atomic E-state index is 0.627. The Morgan fingerprint density at radius 2 is 1.95 bits per heavy atom. The molecule has 1 heterocycles. The molecule has 0 unspecified atom stereocenters. The number of benzene rings is 1. The maximum absolute atomic E-state index is 6.45. The molecule has 1 aliphatic rings. The minimum Gasteiger partial charge on any atom is -0.493 e. The molecule has 0 spiro atoms. The Morgan fingerprint density at radius 3 is 2.52 bits per heavy atom. The fraction of sp³-hybridized carbons (Fsp3) is 0.625. The van der Waals surface area contributed by atoms with Crippen LogP contribution in [0.4, 0.5) is 0 Å². The third-order valence-corrected chi connectivity index (χ3v) is 4.57. The number of methoxy groups -OCH3 is 2. The van der Waals surface area contributed by atoms with Gasteiger partial charge in [-0.15, -0.1) is 0 Å². The van der Waals surface area contributed by atoms with Crippen molar-refractivity contribution in [2.24, 2.45) is 5.92 Å². The maximum atomic E-state index is 6.45. The molecule has 1 aromatic carbocycles. The average molecular weight is 313 g/mol. The molecule has 0 aliphatic carbocycles. The maximum Gasteiger partial charge on any atom is 0.179 e. The molecule has 0 amide bonds. The lowest BCUT2D eigenvalue weighted by Gasteiger charge is -2.32. The molecule has 21 heavy (non-hydrogen) atoms. The summed E-state index contributed by atoms with van der Waals surface area (Å²) in [6.07, 6.45) is 2.48. The third kappa shape index (κ3) is 4.02. The normalized spacial score (nSPS) is 17.0. The summed E-state index contributed by atoms with van der Waals surface area (Å²) < 4.78 is 10.6. The zero-order valence-corrected chi connectivity index (χ0v) is 13.9. The summed E-state index contributed by atoms with van der Waals surface area (Å²) in [5.74, 6) is 2.10. The van der Waals surface area contributed by atoms with Crippen LogP contribution in [-0.2, 0) is 6.54 Å². The quantitative estimate of drug-likeness (QED) is 0.876. The van der Waals surface area contributed by atoms with Crippen molar-refractivity contribution in [1.82, 2.24) is 10.2 Å². The number of likely N-dealkylation sites (tertiary alicyclic amines) is 1. The van der Waals surface area contributed by atoms with Crippen LogP contribution in [0.1, 0.15) is 18.4 Å². The lowest BCUT2D eigenvalue weighted by molar-refractivity contribution is 0.176. The van der Waals surface area contributed by atoms with E-state index < -0.39 is 0 Å². The second-order valence-corrected chi connectivity index (χ2v) is 5.93. The van der Waals surface area contributed by atoms with Crippen LogP contribution < -0.4 is 14.8 Å². The van der Waals surface area contributed by atoms with Gasteiger partial charge in [0.1, 0.15) is 0 Å². The molecule has 1 aliphatic heterocycles. The summed E-state index contributed by atoms with van der Waals surface area (Å²) in [7, 11) is 5.27. The summed E-state index contributed by atoms with van der Waals surface area (Å²) in [5, 5.41) is 3.93. The second-order valence-electron chi connectivity index (χ2n) is 5.55. The van der Waals surface area contributed by atoms with Crippen LogP contribution in [0.3, 0.4) is 0 Å².